The number of aromatic nitrogens is 2. The summed E-state index contributed by atoms with van der Waals surface area (Å²) in [5.74, 6) is -1.64. The van der Waals surface area contributed by atoms with Crippen molar-refractivity contribution in [3.8, 4) is 5.69 Å². The first-order chi connectivity index (χ1) is 14.4. The number of carbonyl (C=O) groups excluding carboxylic acids is 1. The second kappa shape index (κ2) is 7.87. The number of amides is 1. The highest BCUT2D eigenvalue weighted by atomic mass is 19.1. The molecule has 4 rings (SSSR count). The van der Waals surface area contributed by atoms with Crippen LogP contribution in [0.2, 0.25) is 0 Å². The first-order valence-corrected chi connectivity index (χ1v) is 9.26. The van der Waals surface area contributed by atoms with Gasteiger partial charge < -0.3 is 10.3 Å². The molecule has 0 aliphatic heterocycles. The van der Waals surface area contributed by atoms with Crippen molar-refractivity contribution >= 4 is 16.8 Å². The van der Waals surface area contributed by atoms with Gasteiger partial charge in [-0.15, -0.1) is 0 Å². The fraction of sp³-hybridized carbons (Fsp3) is 0.0870. The van der Waals surface area contributed by atoms with E-state index in [0.29, 0.717) is 29.4 Å². The number of pyridine rings is 2. The molecule has 0 spiro atoms. The van der Waals surface area contributed by atoms with Gasteiger partial charge in [0.2, 0.25) is 5.43 Å². The highest BCUT2D eigenvalue weighted by Gasteiger charge is 2.15. The minimum Gasteiger partial charge on any atom is -0.365 e. The molecule has 2 heterocycles. The lowest BCUT2D eigenvalue weighted by Gasteiger charge is -2.14. The minimum atomic E-state index is -0.839. The Morgan fingerprint density at radius 1 is 0.933 bits per heavy atom. The monoisotopic (exact) mass is 405 g/mol. The Kier molecular flexibility index (Phi) is 5.10. The van der Waals surface area contributed by atoms with Crippen LogP contribution in [0.5, 0.6) is 0 Å². The molecule has 2 aromatic heterocycles. The van der Waals surface area contributed by atoms with Crippen molar-refractivity contribution in [2.75, 3.05) is 0 Å². The summed E-state index contributed by atoms with van der Waals surface area (Å²) in [5.41, 5.74) is 7.52. The standard InChI is InChI=1S/C23H17F2N3O2/c24-16-4-6-18(7-5-16)28-13-20(23(26)30)22(29)19-10-14(3-8-21(19)28)1-2-15-9-17(25)12-27-11-15/h3-13H,1-2H2,(H2,26,30). The highest BCUT2D eigenvalue weighted by molar-refractivity contribution is 5.96. The fourth-order valence-electron chi connectivity index (χ4n) is 3.41. The maximum absolute atomic E-state index is 13.3. The molecule has 1 amide bonds. The molecule has 5 nitrogen and oxygen atoms in total. The van der Waals surface area contributed by atoms with Gasteiger partial charge in [0.1, 0.15) is 17.2 Å². The number of carbonyl (C=O) groups is 1. The molecule has 150 valence electrons. The van der Waals surface area contributed by atoms with Crippen molar-refractivity contribution in [3.63, 3.8) is 0 Å². The topological polar surface area (TPSA) is 78.0 Å². The second-order valence-electron chi connectivity index (χ2n) is 6.95. The zero-order valence-electron chi connectivity index (χ0n) is 15.8. The van der Waals surface area contributed by atoms with Gasteiger partial charge >= 0.3 is 0 Å². The molecule has 2 N–H and O–H groups in total. The van der Waals surface area contributed by atoms with Gasteiger partial charge in [-0.05, 0) is 66.4 Å². The molecule has 2 aromatic carbocycles. The number of aryl methyl sites for hydroxylation is 2. The van der Waals surface area contributed by atoms with E-state index in [2.05, 4.69) is 4.98 Å². The van der Waals surface area contributed by atoms with Crippen molar-refractivity contribution in [1.82, 2.24) is 9.55 Å². The Labute approximate surface area is 170 Å². The Bertz CT molecular complexity index is 1310. The predicted molar refractivity (Wildman–Crippen MR) is 110 cm³/mol. The lowest BCUT2D eigenvalue weighted by molar-refractivity contribution is 0.0999. The number of nitrogens with zero attached hydrogens (tertiary/aromatic N) is 2. The number of benzene rings is 2. The Morgan fingerprint density at radius 2 is 1.67 bits per heavy atom. The molecule has 0 bridgehead atoms. The van der Waals surface area contributed by atoms with E-state index in [-0.39, 0.29) is 5.56 Å². The van der Waals surface area contributed by atoms with Gasteiger partial charge in [-0.2, -0.15) is 0 Å². The van der Waals surface area contributed by atoms with E-state index in [1.807, 2.05) is 6.07 Å². The van der Waals surface area contributed by atoms with Gasteiger partial charge in [-0.1, -0.05) is 6.07 Å². The van der Waals surface area contributed by atoms with E-state index in [4.69, 9.17) is 5.73 Å². The summed E-state index contributed by atoms with van der Waals surface area (Å²) in [5, 5.41) is 0.325. The quantitative estimate of drug-likeness (QED) is 0.552. The molecule has 0 saturated heterocycles. The van der Waals surface area contributed by atoms with Gasteiger partial charge in [0.15, 0.2) is 0 Å². The summed E-state index contributed by atoms with van der Waals surface area (Å²) in [6.07, 6.45) is 5.20. The van der Waals surface area contributed by atoms with Crippen LogP contribution >= 0.6 is 0 Å². The van der Waals surface area contributed by atoms with Crippen molar-refractivity contribution < 1.29 is 13.6 Å². The lowest BCUT2D eigenvalue weighted by Crippen LogP contribution is -2.24. The number of hydrogen-bond acceptors (Lipinski definition) is 3. The average molecular weight is 405 g/mol. The van der Waals surface area contributed by atoms with E-state index in [1.165, 1.54) is 24.4 Å². The third-order valence-corrected chi connectivity index (χ3v) is 4.90. The summed E-state index contributed by atoms with van der Waals surface area (Å²) in [4.78, 5) is 28.5. The first-order valence-electron chi connectivity index (χ1n) is 9.26. The first kappa shape index (κ1) is 19.4. The van der Waals surface area contributed by atoms with Crippen molar-refractivity contribution in [2.45, 2.75) is 12.8 Å². The van der Waals surface area contributed by atoms with Crippen LogP contribution in [0.3, 0.4) is 0 Å². The molecule has 0 saturated carbocycles. The normalized spacial score (nSPS) is 11.0. The number of primary amides is 1. The second-order valence-corrected chi connectivity index (χ2v) is 6.95. The molecule has 0 aliphatic rings. The van der Waals surface area contributed by atoms with Gasteiger partial charge in [0.25, 0.3) is 5.91 Å². The number of halogens is 2. The molecular formula is C23H17F2N3O2. The zero-order valence-corrected chi connectivity index (χ0v) is 15.8. The van der Waals surface area contributed by atoms with Crippen molar-refractivity contribution in [2.24, 2.45) is 5.73 Å². The molecule has 0 unspecified atom stereocenters. The summed E-state index contributed by atoms with van der Waals surface area (Å²) >= 11 is 0. The molecular weight excluding hydrogens is 388 g/mol. The summed E-state index contributed by atoms with van der Waals surface area (Å²) in [6.45, 7) is 0. The van der Waals surface area contributed by atoms with Crippen LogP contribution < -0.4 is 11.2 Å². The third-order valence-electron chi connectivity index (χ3n) is 4.90. The highest BCUT2D eigenvalue weighted by Crippen LogP contribution is 2.20. The van der Waals surface area contributed by atoms with E-state index in [1.54, 1.807) is 35.0 Å². The Hall–Kier alpha value is -3.87. The Morgan fingerprint density at radius 3 is 2.37 bits per heavy atom. The van der Waals surface area contributed by atoms with Crippen LogP contribution in [-0.2, 0) is 12.8 Å². The van der Waals surface area contributed by atoms with Gasteiger partial charge in [0, 0.05) is 23.5 Å². The molecule has 0 radical (unpaired) electrons. The smallest absolute Gasteiger partial charge is 0.254 e. The van der Waals surface area contributed by atoms with Crippen LogP contribution in [0.1, 0.15) is 21.5 Å². The molecule has 0 fully saturated rings. The van der Waals surface area contributed by atoms with E-state index in [0.717, 1.165) is 17.3 Å². The van der Waals surface area contributed by atoms with Gasteiger partial charge in [-0.25, -0.2) is 8.78 Å². The number of rotatable bonds is 5. The number of nitrogens with two attached hydrogens (primary N) is 1. The summed E-state index contributed by atoms with van der Waals surface area (Å²) < 4.78 is 28.3. The summed E-state index contributed by atoms with van der Waals surface area (Å²) in [7, 11) is 0. The lowest BCUT2D eigenvalue weighted by atomic mass is 10.0. The molecule has 0 atom stereocenters. The number of fused-ring (bicyclic) bond motifs is 1. The fourth-order valence-corrected chi connectivity index (χ4v) is 3.41. The van der Waals surface area contributed by atoms with Crippen LogP contribution in [0.15, 0.2) is 71.9 Å². The van der Waals surface area contributed by atoms with Crippen molar-refractivity contribution in [3.05, 3.63) is 106 Å². The largest absolute Gasteiger partial charge is 0.365 e. The van der Waals surface area contributed by atoms with Gasteiger partial charge in [-0.3, -0.25) is 14.6 Å². The summed E-state index contributed by atoms with van der Waals surface area (Å²) in [6, 6.07) is 12.4. The Balaban J connectivity index is 1.80. The van der Waals surface area contributed by atoms with Crippen molar-refractivity contribution in [1.29, 1.82) is 0 Å². The molecule has 30 heavy (non-hydrogen) atoms. The maximum Gasteiger partial charge on any atom is 0.254 e. The van der Waals surface area contributed by atoms with Crippen LogP contribution in [-0.4, -0.2) is 15.5 Å². The molecule has 4 aromatic rings. The van der Waals surface area contributed by atoms with Crippen LogP contribution in [0.25, 0.3) is 16.6 Å². The average Bonchev–Trinajstić information content (AvgIpc) is 2.73. The van der Waals surface area contributed by atoms with Crippen LogP contribution in [0.4, 0.5) is 8.78 Å². The predicted octanol–water partition coefficient (Wildman–Crippen LogP) is 3.55. The van der Waals surface area contributed by atoms with Gasteiger partial charge in [0.05, 0.1) is 11.7 Å². The van der Waals surface area contributed by atoms with E-state index < -0.39 is 23.0 Å². The van der Waals surface area contributed by atoms with Crippen LogP contribution in [0, 0.1) is 11.6 Å². The molecule has 7 heteroatoms. The van der Waals surface area contributed by atoms with E-state index in [9.17, 15) is 18.4 Å². The molecule has 0 aliphatic carbocycles. The maximum atomic E-state index is 13.3. The SMILES string of the molecule is NC(=O)c1cn(-c2ccc(F)cc2)c2ccc(CCc3cncc(F)c3)cc2c1=O. The minimum absolute atomic E-state index is 0.154. The number of hydrogen-bond donors (Lipinski definition) is 1. The van der Waals surface area contributed by atoms with E-state index >= 15 is 0 Å². The zero-order chi connectivity index (χ0) is 21.3. The third kappa shape index (κ3) is 3.82.